The van der Waals surface area contributed by atoms with Crippen LogP contribution >= 0.6 is 15.9 Å². The van der Waals surface area contributed by atoms with Gasteiger partial charge in [0.05, 0.1) is 10.6 Å². The number of amides is 1. The van der Waals surface area contributed by atoms with Gasteiger partial charge in [-0.05, 0) is 41.1 Å². The number of nitrogens with two attached hydrogens (primary N) is 1. The van der Waals surface area contributed by atoms with Crippen LogP contribution in [0.1, 0.15) is 16.1 Å². The summed E-state index contributed by atoms with van der Waals surface area (Å²) in [5.41, 5.74) is 5.55. The monoisotopic (exact) mass is 351 g/mol. The predicted octanol–water partition coefficient (Wildman–Crippen LogP) is 2.29. The van der Waals surface area contributed by atoms with E-state index in [0.717, 1.165) is 16.7 Å². The van der Waals surface area contributed by atoms with E-state index in [-0.39, 0.29) is 17.2 Å². The Bertz CT molecular complexity index is 735. The van der Waals surface area contributed by atoms with Crippen molar-refractivity contribution in [1.82, 2.24) is 9.97 Å². The Hall–Kier alpha value is -2.55. The molecule has 0 saturated carbocycles. The lowest BCUT2D eigenvalue weighted by molar-refractivity contribution is -0.385. The second kappa shape index (κ2) is 5.83. The number of aryl methyl sites for hydroxylation is 1. The second-order valence-corrected chi connectivity index (χ2v) is 4.96. The normalized spacial score (nSPS) is 10.2. The molecule has 0 atom stereocenters. The van der Waals surface area contributed by atoms with Crippen LogP contribution in [-0.2, 0) is 0 Å². The number of carbonyl (C=O) groups is 1. The molecule has 0 aromatic carbocycles. The minimum absolute atomic E-state index is 0.0192. The molecule has 1 amide bonds. The maximum absolute atomic E-state index is 12.1. The van der Waals surface area contributed by atoms with Crippen LogP contribution in [0.25, 0.3) is 0 Å². The fraction of sp³-hybridized carbons (Fsp3) is 0.0833. The molecular formula is C12H10BrN5O3. The van der Waals surface area contributed by atoms with Gasteiger partial charge in [-0.1, -0.05) is 0 Å². The first-order valence-electron chi connectivity index (χ1n) is 5.73. The standard InChI is InChI=1S/C12H10BrN5O3/c1-6-8(13)2-3-11(16-6)17-12(19)7-4-10(14)15-5-9(7)18(20)21/h2-5H,1H3,(H2,14,15)(H,16,17,19). The number of nitrogens with one attached hydrogen (secondary N) is 1. The molecule has 2 aromatic rings. The third kappa shape index (κ3) is 3.31. The van der Waals surface area contributed by atoms with Crippen molar-refractivity contribution in [3.8, 4) is 0 Å². The summed E-state index contributed by atoms with van der Waals surface area (Å²) in [7, 11) is 0. The topological polar surface area (TPSA) is 124 Å². The summed E-state index contributed by atoms with van der Waals surface area (Å²) in [5.74, 6) is -0.374. The van der Waals surface area contributed by atoms with E-state index < -0.39 is 16.5 Å². The van der Waals surface area contributed by atoms with Crippen LogP contribution in [-0.4, -0.2) is 20.8 Å². The van der Waals surface area contributed by atoms with Gasteiger partial charge < -0.3 is 11.1 Å². The molecule has 0 aliphatic carbocycles. The Kier molecular flexibility index (Phi) is 4.13. The fourth-order valence-corrected chi connectivity index (χ4v) is 1.81. The molecule has 0 aliphatic heterocycles. The quantitative estimate of drug-likeness (QED) is 0.645. The summed E-state index contributed by atoms with van der Waals surface area (Å²) in [6.45, 7) is 1.76. The minimum atomic E-state index is -0.693. The van der Waals surface area contributed by atoms with Crippen molar-refractivity contribution in [2.45, 2.75) is 6.92 Å². The molecule has 9 heteroatoms. The highest BCUT2D eigenvalue weighted by molar-refractivity contribution is 9.10. The molecule has 0 bridgehead atoms. The molecule has 2 aromatic heterocycles. The van der Waals surface area contributed by atoms with Crippen molar-refractivity contribution < 1.29 is 9.72 Å². The zero-order chi connectivity index (χ0) is 15.6. The van der Waals surface area contributed by atoms with E-state index >= 15 is 0 Å². The van der Waals surface area contributed by atoms with Gasteiger partial charge in [-0.25, -0.2) is 9.97 Å². The fourth-order valence-electron chi connectivity index (χ4n) is 1.59. The number of rotatable bonds is 3. The Morgan fingerprint density at radius 1 is 1.48 bits per heavy atom. The smallest absolute Gasteiger partial charge is 0.300 e. The van der Waals surface area contributed by atoms with Crippen molar-refractivity contribution in [1.29, 1.82) is 0 Å². The molecule has 3 N–H and O–H groups in total. The number of hydrogen-bond donors (Lipinski definition) is 2. The van der Waals surface area contributed by atoms with Crippen molar-refractivity contribution >= 4 is 39.2 Å². The van der Waals surface area contributed by atoms with E-state index in [1.165, 1.54) is 0 Å². The number of nitrogen functional groups attached to an aromatic ring is 1. The average molecular weight is 352 g/mol. The molecular weight excluding hydrogens is 342 g/mol. The van der Waals surface area contributed by atoms with Gasteiger partial charge in [0.1, 0.15) is 23.4 Å². The van der Waals surface area contributed by atoms with Crippen LogP contribution in [0, 0.1) is 17.0 Å². The van der Waals surface area contributed by atoms with Crippen LogP contribution in [0.5, 0.6) is 0 Å². The number of hydrogen-bond acceptors (Lipinski definition) is 6. The first-order valence-corrected chi connectivity index (χ1v) is 6.52. The van der Waals surface area contributed by atoms with Gasteiger partial charge in [0.15, 0.2) is 0 Å². The van der Waals surface area contributed by atoms with Crippen LogP contribution in [0.15, 0.2) is 28.9 Å². The van der Waals surface area contributed by atoms with Crippen LogP contribution < -0.4 is 11.1 Å². The lowest BCUT2D eigenvalue weighted by atomic mass is 10.2. The predicted molar refractivity (Wildman–Crippen MR) is 79.9 cm³/mol. The maximum Gasteiger partial charge on any atom is 0.300 e. The Morgan fingerprint density at radius 2 is 2.19 bits per heavy atom. The van der Waals surface area contributed by atoms with Gasteiger partial charge >= 0.3 is 0 Å². The first-order chi connectivity index (χ1) is 9.88. The summed E-state index contributed by atoms with van der Waals surface area (Å²) in [4.78, 5) is 30.1. The highest BCUT2D eigenvalue weighted by Gasteiger charge is 2.21. The third-order valence-corrected chi connectivity index (χ3v) is 3.45. The van der Waals surface area contributed by atoms with Crippen LogP contribution in [0.3, 0.4) is 0 Å². The molecule has 108 valence electrons. The number of nitro groups is 1. The zero-order valence-electron chi connectivity index (χ0n) is 10.8. The summed E-state index contributed by atoms with van der Waals surface area (Å²) >= 11 is 3.29. The number of pyridine rings is 2. The van der Waals surface area contributed by atoms with E-state index in [1.807, 2.05) is 0 Å². The molecule has 0 saturated heterocycles. The highest BCUT2D eigenvalue weighted by Crippen LogP contribution is 2.21. The molecule has 0 unspecified atom stereocenters. The molecule has 0 spiro atoms. The molecule has 2 rings (SSSR count). The largest absolute Gasteiger partial charge is 0.384 e. The van der Waals surface area contributed by atoms with Gasteiger partial charge in [-0.3, -0.25) is 14.9 Å². The summed E-state index contributed by atoms with van der Waals surface area (Å²) < 4.78 is 0.791. The van der Waals surface area contributed by atoms with E-state index in [1.54, 1.807) is 19.1 Å². The first kappa shape index (κ1) is 14.9. The Labute approximate surface area is 127 Å². The van der Waals surface area contributed by atoms with E-state index in [4.69, 9.17) is 5.73 Å². The number of aromatic nitrogens is 2. The van der Waals surface area contributed by atoms with Crippen molar-refractivity contribution in [2.24, 2.45) is 0 Å². The van der Waals surface area contributed by atoms with E-state index in [0.29, 0.717) is 5.69 Å². The Morgan fingerprint density at radius 3 is 2.81 bits per heavy atom. The molecule has 8 nitrogen and oxygen atoms in total. The van der Waals surface area contributed by atoms with E-state index in [2.05, 4.69) is 31.2 Å². The number of nitrogens with zero attached hydrogens (tertiary/aromatic N) is 3. The maximum atomic E-state index is 12.1. The number of anilines is 2. The van der Waals surface area contributed by atoms with Gasteiger partial charge in [0.2, 0.25) is 0 Å². The molecule has 2 heterocycles. The number of halogens is 1. The lowest BCUT2D eigenvalue weighted by Crippen LogP contribution is -2.16. The minimum Gasteiger partial charge on any atom is -0.384 e. The Balaban J connectivity index is 2.34. The number of carbonyl (C=O) groups excluding carboxylic acids is 1. The van der Waals surface area contributed by atoms with Crippen molar-refractivity contribution in [3.63, 3.8) is 0 Å². The summed E-state index contributed by atoms with van der Waals surface area (Å²) in [6, 6.07) is 4.44. The highest BCUT2D eigenvalue weighted by atomic mass is 79.9. The lowest BCUT2D eigenvalue weighted by Gasteiger charge is -2.07. The second-order valence-electron chi connectivity index (χ2n) is 4.10. The van der Waals surface area contributed by atoms with Crippen molar-refractivity contribution in [3.05, 3.63) is 50.2 Å². The average Bonchev–Trinajstić information content (AvgIpc) is 2.42. The van der Waals surface area contributed by atoms with Gasteiger partial charge in [0.25, 0.3) is 11.6 Å². The van der Waals surface area contributed by atoms with Gasteiger partial charge in [-0.2, -0.15) is 0 Å². The molecule has 0 aliphatic rings. The summed E-state index contributed by atoms with van der Waals surface area (Å²) in [6.07, 6.45) is 0.949. The van der Waals surface area contributed by atoms with Gasteiger partial charge in [0, 0.05) is 4.47 Å². The third-order valence-electron chi connectivity index (χ3n) is 2.61. The molecule has 21 heavy (non-hydrogen) atoms. The van der Waals surface area contributed by atoms with Crippen molar-refractivity contribution in [2.75, 3.05) is 11.1 Å². The van der Waals surface area contributed by atoms with Crippen LogP contribution in [0.2, 0.25) is 0 Å². The molecule has 0 fully saturated rings. The van der Waals surface area contributed by atoms with Crippen LogP contribution in [0.4, 0.5) is 17.3 Å². The van der Waals surface area contributed by atoms with Gasteiger partial charge in [-0.15, -0.1) is 0 Å². The zero-order valence-corrected chi connectivity index (χ0v) is 12.4. The molecule has 0 radical (unpaired) electrons. The SMILES string of the molecule is Cc1nc(NC(=O)c2cc(N)ncc2[N+](=O)[O-])ccc1Br. The van der Waals surface area contributed by atoms with E-state index in [9.17, 15) is 14.9 Å². The summed E-state index contributed by atoms with van der Waals surface area (Å²) in [5, 5.41) is 13.4.